The zero-order valence-electron chi connectivity index (χ0n) is 18.5. The number of ether oxygens (including phenoxy) is 3. The lowest BCUT2D eigenvalue weighted by atomic mass is 10.1. The molecule has 34 heavy (non-hydrogen) atoms. The van der Waals surface area contributed by atoms with Crippen molar-refractivity contribution in [3.8, 4) is 6.01 Å². The van der Waals surface area contributed by atoms with Crippen LogP contribution in [0.2, 0.25) is 5.02 Å². The van der Waals surface area contributed by atoms with Gasteiger partial charge in [-0.1, -0.05) is 35.9 Å². The molecule has 12 heteroatoms. The number of halogens is 4. The lowest BCUT2D eigenvalue weighted by Gasteiger charge is -2.20. The van der Waals surface area contributed by atoms with E-state index >= 15 is 0 Å². The molecule has 0 aliphatic heterocycles. The van der Waals surface area contributed by atoms with Crippen LogP contribution < -0.4 is 15.4 Å². The van der Waals surface area contributed by atoms with Crippen LogP contribution in [0.15, 0.2) is 48.3 Å². The van der Waals surface area contributed by atoms with Crippen molar-refractivity contribution >= 4 is 23.3 Å². The Bertz CT molecular complexity index is 1050. The molecule has 2 N–H and O–H groups in total. The first-order valence-corrected chi connectivity index (χ1v) is 10.7. The fourth-order valence-electron chi connectivity index (χ4n) is 3.27. The number of anilines is 1. The van der Waals surface area contributed by atoms with Gasteiger partial charge in [-0.15, -0.1) is 13.2 Å². The largest absolute Gasteiger partial charge is 0.523 e. The topological polar surface area (TPSA) is 86.6 Å². The Morgan fingerprint density at radius 1 is 1.21 bits per heavy atom. The van der Waals surface area contributed by atoms with Crippen molar-refractivity contribution in [2.75, 3.05) is 32.6 Å². The first kappa shape index (κ1) is 25.4. The molecule has 1 heterocycles. The van der Waals surface area contributed by atoms with Gasteiger partial charge in [-0.3, -0.25) is 14.1 Å². The molecule has 1 unspecified atom stereocenters. The summed E-state index contributed by atoms with van der Waals surface area (Å²) < 4.78 is 54.3. The van der Waals surface area contributed by atoms with Crippen molar-refractivity contribution in [1.82, 2.24) is 14.9 Å². The van der Waals surface area contributed by atoms with Crippen LogP contribution in [0.25, 0.3) is 0 Å². The summed E-state index contributed by atoms with van der Waals surface area (Å²) in [4.78, 5) is 16.9. The van der Waals surface area contributed by atoms with Gasteiger partial charge in [-0.25, -0.2) is 0 Å². The molecule has 0 bridgehead atoms. The zero-order chi connectivity index (χ0) is 24.7. The summed E-state index contributed by atoms with van der Waals surface area (Å²) >= 11 is 5.96. The average Bonchev–Trinajstić information content (AvgIpc) is 3.14. The summed E-state index contributed by atoms with van der Waals surface area (Å²) in [6.45, 7) is 0.382. The molecule has 1 atom stereocenters. The van der Waals surface area contributed by atoms with E-state index in [9.17, 15) is 18.0 Å². The normalized spacial score (nSPS) is 15.6. The Balaban J connectivity index is 1.67. The van der Waals surface area contributed by atoms with Crippen molar-refractivity contribution in [1.29, 1.82) is 0 Å². The number of nitrogens with one attached hydrogen (secondary N) is 2. The molecular weight excluding hydrogens is 477 g/mol. The Hall–Kier alpha value is -3.18. The van der Waals surface area contributed by atoms with E-state index in [0.29, 0.717) is 16.6 Å². The molecule has 184 valence electrons. The second-order valence-corrected chi connectivity index (χ2v) is 7.59. The maximum atomic E-state index is 12.5. The van der Waals surface area contributed by atoms with Crippen LogP contribution in [-0.2, 0) is 16.0 Å². The van der Waals surface area contributed by atoms with Crippen molar-refractivity contribution in [3.05, 3.63) is 64.5 Å². The van der Waals surface area contributed by atoms with E-state index in [0.717, 1.165) is 5.56 Å². The quantitative estimate of drug-likeness (QED) is 0.477. The highest BCUT2D eigenvalue weighted by Crippen LogP contribution is 2.26. The number of carbonyl (C=O) groups is 1. The third-order valence-corrected chi connectivity index (χ3v) is 5.01. The monoisotopic (exact) mass is 500 g/mol. The number of nitrogens with zero attached hydrogens (tertiary/aromatic N) is 2. The van der Waals surface area contributed by atoms with Crippen molar-refractivity contribution in [3.63, 3.8) is 0 Å². The van der Waals surface area contributed by atoms with Crippen LogP contribution in [0, 0.1) is 0 Å². The number of benzene rings is 1. The minimum absolute atomic E-state index is 0.0415. The van der Waals surface area contributed by atoms with Gasteiger partial charge in [-0.2, -0.15) is 4.98 Å². The minimum atomic E-state index is -4.73. The fourth-order valence-corrected chi connectivity index (χ4v) is 3.40. The van der Waals surface area contributed by atoms with Gasteiger partial charge in [0.25, 0.3) is 11.9 Å². The number of amides is 1. The molecule has 2 aromatic rings. The summed E-state index contributed by atoms with van der Waals surface area (Å²) in [5.41, 5.74) is 1.15. The van der Waals surface area contributed by atoms with E-state index in [1.54, 1.807) is 29.8 Å². The third kappa shape index (κ3) is 6.91. The van der Waals surface area contributed by atoms with Crippen LogP contribution in [0.5, 0.6) is 6.01 Å². The van der Waals surface area contributed by atoms with E-state index in [-0.39, 0.29) is 43.8 Å². The first-order valence-electron chi connectivity index (χ1n) is 10.3. The number of alkyl halides is 3. The standard InChI is InChI=1S/C22H24ClF3N4O4/c1-27-19-18(20(31)28-2)30(13-14-6-8-15(23)9-7-14)21(29-19)33-11-10-32-16-4-3-5-17(12-16)34-22(24,25)26/h3-9,17,27H,10-13H2,1-2H3,(H,28,31). The van der Waals surface area contributed by atoms with Crippen molar-refractivity contribution in [2.45, 2.75) is 25.4 Å². The third-order valence-electron chi connectivity index (χ3n) is 4.76. The van der Waals surface area contributed by atoms with Crippen molar-refractivity contribution < 1.29 is 32.2 Å². The summed E-state index contributed by atoms with van der Waals surface area (Å²) in [6, 6.07) is 7.30. The zero-order valence-corrected chi connectivity index (χ0v) is 19.2. The number of rotatable bonds is 10. The van der Waals surface area contributed by atoms with E-state index in [4.69, 9.17) is 21.1 Å². The van der Waals surface area contributed by atoms with E-state index in [1.807, 2.05) is 12.1 Å². The lowest BCUT2D eigenvalue weighted by Crippen LogP contribution is -2.24. The summed E-state index contributed by atoms with van der Waals surface area (Å²) in [5.74, 6) is 0.315. The molecule has 3 rings (SSSR count). The predicted molar refractivity (Wildman–Crippen MR) is 120 cm³/mol. The molecule has 1 aromatic carbocycles. The second kappa shape index (κ2) is 11.3. The molecule has 0 fully saturated rings. The molecular formula is C22H24ClF3N4O4. The van der Waals surface area contributed by atoms with E-state index < -0.39 is 12.5 Å². The van der Waals surface area contributed by atoms with Crippen LogP contribution in [0.1, 0.15) is 22.5 Å². The fraction of sp³-hybridized carbons (Fsp3) is 0.364. The number of hydrogen-bond donors (Lipinski definition) is 2. The van der Waals surface area contributed by atoms with Gasteiger partial charge in [0.1, 0.15) is 13.2 Å². The van der Waals surface area contributed by atoms with E-state index in [2.05, 4.69) is 20.4 Å². The molecule has 0 spiro atoms. The maximum absolute atomic E-state index is 12.5. The first-order chi connectivity index (χ1) is 16.2. The van der Waals surface area contributed by atoms with Gasteiger partial charge < -0.3 is 20.1 Å². The summed E-state index contributed by atoms with van der Waals surface area (Å²) in [5, 5.41) is 6.06. The Morgan fingerprint density at radius 3 is 2.56 bits per heavy atom. The van der Waals surface area contributed by atoms with Crippen LogP contribution in [-0.4, -0.2) is 55.2 Å². The van der Waals surface area contributed by atoms with Crippen molar-refractivity contribution in [2.24, 2.45) is 0 Å². The molecule has 1 aliphatic carbocycles. The number of carbonyl (C=O) groups excluding carboxylic acids is 1. The van der Waals surface area contributed by atoms with Gasteiger partial charge in [-0.05, 0) is 23.8 Å². The van der Waals surface area contributed by atoms with Crippen LogP contribution in [0.3, 0.4) is 0 Å². The van der Waals surface area contributed by atoms with Gasteiger partial charge in [0.15, 0.2) is 11.5 Å². The number of imidazole rings is 1. The Kier molecular flexibility index (Phi) is 8.46. The highest BCUT2D eigenvalue weighted by molar-refractivity contribution is 6.30. The van der Waals surface area contributed by atoms with Gasteiger partial charge >= 0.3 is 6.36 Å². The SMILES string of the molecule is CNC(=O)c1c(NC)nc(OCCOC2=CC=CC(OC(F)(F)F)C2)n1Cc1ccc(Cl)cc1. The number of hydrogen-bond acceptors (Lipinski definition) is 6. The average molecular weight is 501 g/mol. The molecule has 0 saturated carbocycles. The van der Waals surface area contributed by atoms with Gasteiger partial charge in [0.2, 0.25) is 0 Å². The Labute approximate surface area is 199 Å². The number of aromatic nitrogens is 2. The van der Waals surface area contributed by atoms with Gasteiger partial charge in [0.05, 0.1) is 18.4 Å². The number of allylic oxidation sites excluding steroid dienone is 2. The van der Waals surface area contributed by atoms with E-state index in [1.165, 1.54) is 19.2 Å². The highest BCUT2D eigenvalue weighted by atomic mass is 35.5. The predicted octanol–water partition coefficient (Wildman–Crippen LogP) is 4.13. The molecule has 1 amide bonds. The molecule has 0 radical (unpaired) electrons. The Morgan fingerprint density at radius 2 is 1.91 bits per heavy atom. The summed E-state index contributed by atoms with van der Waals surface area (Å²) in [6.07, 6.45) is -1.59. The van der Waals surface area contributed by atoms with Crippen LogP contribution >= 0.6 is 11.6 Å². The van der Waals surface area contributed by atoms with Gasteiger partial charge in [0, 0.05) is 25.5 Å². The lowest BCUT2D eigenvalue weighted by molar-refractivity contribution is -0.336. The second-order valence-electron chi connectivity index (χ2n) is 7.15. The smallest absolute Gasteiger partial charge is 0.494 e. The molecule has 0 saturated heterocycles. The highest BCUT2D eigenvalue weighted by Gasteiger charge is 2.33. The summed E-state index contributed by atoms with van der Waals surface area (Å²) in [7, 11) is 3.15. The molecule has 1 aliphatic rings. The minimum Gasteiger partial charge on any atom is -0.494 e. The van der Waals surface area contributed by atoms with Crippen LogP contribution in [0.4, 0.5) is 19.0 Å². The molecule has 8 nitrogen and oxygen atoms in total. The molecule has 1 aromatic heterocycles. The maximum Gasteiger partial charge on any atom is 0.523 e.